The van der Waals surface area contributed by atoms with E-state index >= 15 is 0 Å². The maximum absolute atomic E-state index is 2.44. The number of nitrogens with zero attached hydrogens (tertiary/aromatic N) is 2. The topological polar surface area (TPSA) is 8.17 Å². The van der Waals surface area contributed by atoms with E-state index in [1.807, 2.05) is 0 Å². The third-order valence-corrected chi connectivity index (χ3v) is 10.9. The average molecular weight is 661 g/mol. The summed E-state index contributed by atoms with van der Waals surface area (Å²) in [6.07, 6.45) is 0. The highest BCUT2D eigenvalue weighted by Gasteiger charge is 2.25. The molecule has 0 saturated carbocycles. The molecule has 11 rings (SSSR count). The molecule has 9 aromatic carbocycles. The van der Waals surface area contributed by atoms with Crippen LogP contribution in [0.2, 0.25) is 0 Å². The smallest absolute Gasteiger partial charge is 0.0547 e. The van der Waals surface area contributed by atoms with Gasteiger partial charge in [-0.2, -0.15) is 0 Å². The fraction of sp³-hybridized carbons (Fsp3) is 0. The number of fused-ring (bicyclic) bond motifs is 7. The Hall–Kier alpha value is -6.90. The molecular formula is C50H32N2. The summed E-state index contributed by atoms with van der Waals surface area (Å²) in [7, 11) is 0. The molecule has 0 bridgehead atoms. The Kier molecular flexibility index (Phi) is 6.28. The van der Waals surface area contributed by atoms with E-state index in [0.717, 1.165) is 22.7 Å². The molecule has 0 amide bonds. The number of benzene rings is 9. The molecule has 1 aliphatic rings. The van der Waals surface area contributed by atoms with Crippen LogP contribution in [0.25, 0.3) is 82.4 Å². The zero-order valence-corrected chi connectivity index (χ0v) is 28.4. The van der Waals surface area contributed by atoms with E-state index in [1.165, 1.54) is 76.7 Å². The van der Waals surface area contributed by atoms with Gasteiger partial charge in [0.1, 0.15) is 0 Å². The van der Waals surface area contributed by atoms with E-state index in [2.05, 4.69) is 204 Å². The monoisotopic (exact) mass is 660 g/mol. The molecule has 0 spiro atoms. The zero-order chi connectivity index (χ0) is 34.2. The van der Waals surface area contributed by atoms with Crippen molar-refractivity contribution in [3.63, 3.8) is 0 Å². The van der Waals surface area contributed by atoms with Gasteiger partial charge in [0.25, 0.3) is 0 Å². The molecule has 0 unspecified atom stereocenters. The lowest BCUT2D eigenvalue weighted by atomic mass is 10.00. The summed E-state index contributed by atoms with van der Waals surface area (Å²) >= 11 is 0. The summed E-state index contributed by atoms with van der Waals surface area (Å²) in [6, 6.07) is 71.1. The Bertz CT molecular complexity index is 3020. The Morgan fingerprint density at radius 2 is 1.00 bits per heavy atom. The summed E-state index contributed by atoms with van der Waals surface area (Å²) in [4.78, 5) is 2.44. The molecule has 0 aliphatic heterocycles. The standard InChI is InChI=1S/C50H32N2/c1-2-13-33(14-3-1)40-21-6-8-25-47(40)51(39-27-28-41-43-23-10-17-34-18-11-24-44(50(34)43)45(41)32-39)37-19-12-20-38(31-37)52-48-26-9-7-22-42(48)46-29-35-15-4-5-16-36(35)30-49(46)52/h1-32H. The average Bonchev–Trinajstić information content (AvgIpc) is 3.71. The van der Waals surface area contributed by atoms with Crippen LogP contribution in [-0.4, -0.2) is 4.57 Å². The van der Waals surface area contributed by atoms with Gasteiger partial charge in [0.2, 0.25) is 0 Å². The summed E-state index contributed by atoms with van der Waals surface area (Å²) in [5.41, 5.74) is 14.4. The van der Waals surface area contributed by atoms with Crippen LogP contribution in [-0.2, 0) is 0 Å². The number of anilines is 3. The SMILES string of the molecule is c1ccc(-c2ccccc2N(c2cccc(-n3c4ccccc4c4cc5ccccc5cc43)c2)c2ccc3c(c2)-c2cccc4cccc-3c24)cc1. The highest BCUT2D eigenvalue weighted by molar-refractivity contribution is 6.16. The minimum Gasteiger partial charge on any atom is -0.310 e. The quantitative estimate of drug-likeness (QED) is 0.178. The molecule has 0 saturated heterocycles. The van der Waals surface area contributed by atoms with Gasteiger partial charge in [-0.25, -0.2) is 0 Å². The number of rotatable bonds is 5. The Labute approximate surface area is 302 Å². The maximum Gasteiger partial charge on any atom is 0.0547 e. The largest absolute Gasteiger partial charge is 0.310 e. The third-order valence-electron chi connectivity index (χ3n) is 10.9. The molecule has 0 fully saturated rings. The first-order valence-electron chi connectivity index (χ1n) is 17.9. The van der Waals surface area contributed by atoms with Gasteiger partial charge < -0.3 is 9.47 Å². The Balaban J connectivity index is 1.16. The lowest BCUT2D eigenvalue weighted by Gasteiger charge is -2.29. The molecule has 2 nitrogen and oxygen atoms in total. The second-order valence-corrected chi connectivity index (χ2v) is 13.7. The van der Waals surface area contributed by atoms with Gasteiger partial charge in [0.05, 0.1) is 16.7 Å². The van der Waals surface area contributed by atoms with Crippen LogP contribution in [0.3, 0.4) is 0 Å². The van der Waals surface area contributed by atoms with Gasteiger partial charge in [-0.1, -0.05) is 140 Å². The third kappa shape index (κ3) is 4.31. The number of para-hydroxylation sites is 2. The first kappa shape index (κ1) is 28.9. The highest BCUT2D eigenvalue weighted by atomic mass is 15.1. The van der Waals surface area contributed by atoms with Crippen molar-refractivity contribution >= 4 is 60.4 Å². The van der Waals surface area contributed by atoms with Crippen molar-refractivity contribution in [1.29, 1.82) is 0 Å². The van der Waals surface area contributed by atoms with Crippen molar-refractivity contribution in [3.8, 4) is 39.1 Å². The molecule has 2 heteroatoms. The maximum atomic E-state index is 2.44. The molecule has 1 heterocycles. The van der Waals surface area contributed by atoms with Crippen LogP contribution < -0.4 is 4.90 Å². The van der Waals surface area contributed by atoms with Crippen molar-refractivity contribution in [1.82, 2.24) is 4.57 Å². The lowest BCUT2D eigenvalue weighted by molar-refractivity contribution is 1.17. The van der Waals surface area contributed by atoms with Crippen LogP contribution in [0.15, 0.2) is 194 Å². The van der Waals surface area contributed by atoms with Gasteiger partial charge in [-0.05, 0) is 104 Å². The van der Waals surface area contributed by atoms with E-state index in [-0.39, 0.29) is 0 Å². The van der Waals surface area contributed by atoms with Gasteiger partial charge >= 0.3 is 0 Å². The molecule has 0 atom stereocenters. The summed E-state index contributed by atoms with van der Waals surface area (Å²) in [5.74, 6) is 0. The molecule has 0 N–H and O–H groups in total. The Morgan fingerprint density at radius 1 is 0.346 bits per heavy atom. The summed E-state index contributed by atoms with van der Waals surface area (Å²) in [5, 5.41) is 7.64. The fourth-order valence-electron chi connectivity index (χ4n) is 8.58. The highest BCUT2D eigenvalue weighted by Crippen LogP contribution is 2.50. The fourth-order valence-corrected chi connectivity index (χ4v) is 8.58. The molecule has 10 aromatic rings. The van der Waals surface area contributed by atoms with Crippen molar-refractivity contribution in [3.05, 3.63) is 194 Å². The van der Waals surface area contributed by atoms with E-state index in [0.29, 0.717) is 0 Å². The van der Waals surface area contributed by atoms with E-state index in [1.54, 1.807) is 0 Å². The van der Waals surface area contributed by atoms with Crippen LogP contribution in [0.5, 0.6) is 0 Å². The van der Waals surface area contributed by atoms with E-state index in [4.69, 9.17) is 0 Å². The van der Waals surface area contributed by atoms with Gasteiger partial charge in [0.15, 0.2) is 0 Å². The summed E-state index contributed by atoms with van der Waals surface area (Å²) in [6.45, 7) is 0. The van der Waals surface area contributed by atoms with Crippen molar-refractivity contribution in [2.45, 2.75) is 0 Å². The van der Waals surface area contributed by atoms with E-state index < -0.39 is 0 Å². The molecule has 0 radical (unpaired) electrons. The molecule has 242 valence electrons. The molecular weight excluding hydrogens is 629 g/mol. The van der Waals surface area contributed by atoms with Gasteiger partial charge in [-0.15, -0.1) is 0 Å². The summed E-state index contributed by atoms with van der Waals surface area (Å²) < 4.78 is 2.43. The van der Waals surface area contributed by atoms with Crippen molar-refractivity contribution in [2.24, 2.45) is 0 Å². The Morgan fingerprint density at radius 3 is 1.87 bits per heavy atom. The predicted molar refractivity (Wildman–Crippen MR) is 220 cm³/mol. The zero-order valence-electron chi connectivity index (χ0n) is 28.4. The molecule has 1 aromatic heterocycles. The number of hydrogen-bond acceptors (Lipinski definition) is 1. The normalized spacial score (nSPS) is 11.8. The first-order chi connectivity index (χ1) is 25.8. The minimum atomic E-state index is 1.10. The first-order valence-corrected chi connectivity index (χ1v) is 17.9. The molecule has 1 aliphatic carbocycles. The van der Waals surface area contributed by atoms with Gasteiger partial charge in [0, 0.05) is 33.4 Å². The van der Waals surface area contributed by atoms with Crippen molar-refractivity contribution < 1.29 is 0 Å². The van der Waals surface area contributed by atoms with Crippen LogP contribution in [0.1, 0.15) is 0 Å². The van der Waals surface area contributed by atoms with Gasteiger partial charge in [-0.3, -0.25) is 0 Å². The number of aromatic nitrogens is 1. The lowest BCUT2D eigenvalue weighted by Crippen LogP contribution is -2.12. The second-order valence-electron chi connectivity index (χ2n) is 13.7. The van der Waals surface area contributed by atoms with Crippen LogP contribution in [0.4, 0.5) is 17.1 Å². The molecule has 52 heavy (non-hydrogen) atoms. The predicted octanol–water partition coefficient (Wildman–Crippen LogP) is 13.9. The van der Waals surface area contributed by atoms with E-state index in [9.17, 15) is 0 Å². The second kappa shape index (κ2) is 11.3. The minimum absolute atomic E-state index is 1.10. The number of hydrogen-bond donors (Lipinski definition) is 0. The van der Waals surface area contributed by atoms with Crippen LogP contribution >= 0.6 is 0 Å². The van der Waals surface area contributed by atoms with Crippen LogP contribution in [0, 0.1) is 0 Å². The van der Waals surface area contributed by atoms with Crippen molar-refractivity contribution in [2.75, 3.05) is 4.90 Å².